The molecule has 0 saturated heterocycles. The lowest BCUT2D eigenvalue weighted by molar-refractivity contribution is 0.0699. The summed E-state index contributed by atoms with van der Waals surface area (Å²) in [6, 6.07) is 4.76. The number of aliphatic hydroxyl groups is 1. The third-order valence-corrected chi connectivity index (χ3v) is 3.27. The Labute approximate surface area is 116 Å². The van der Waals surface area contributed by atoms with Crippen LogP contribution in [0.5, 0.6) is 0 Å². The van der Waals surface area contributed by atoms with Gasteiger partial charge in [0.05, 0.1) is 30.3 Å². The van der Waals surface area contributed by atoms with Crippen molar-refractivity contribution in [3.05, 3.63) is 29.6 Å². The van der Waals surface area contributed by atoms with E-state index in [2.05, 4.69) is 4.98 Å². The molecule has 20 heavy (non-hydrogen) atoms. The number of hydrogen-bond acceptors (Lipinski definition) is 4. The molecule has 0 bridgehead atoms. The van der Waals surface area contributed by atoms with Crippen LogP contribution in [0, 0.1) is 0 Å². The van der Waals surface area contributed by atoms with Gasteiger partial charge in [-0.05, 0) is 12.1 Å². The van der Waals surface area contributed by atoms with E-state index in [1.54, 1.807) is 13.2 Å². The minimum absolute atomic E-state index is 0.0937. The van der Waals surface area contributed by atoms with Crippen LogP contribution in [0.2, 0.25) is 0 Å². The summed E-state index contributed by atoms with van der Waals surface area (Å²) in [5.41, 5.74) is 1.33. The maximum absolute atomic E-state index is 11.3. The van der Waals surface area contributed by atoms with E-state index in [1.165, 1.54) is 6.07 Å². The number of aryl methyl sites for hydroxylation is 1. The second-order valence-corrected chi connectivity index (χ2v) is 4.52. The van der Waals surface area contributed by atoms with Crippen LogP contribution in [0.4, 0.5) is 0 Å². The number of carbonyl (C=O) groups is 1. The number of carboxylic acids is 1. The number of aliphatic hydroxyl groups excluding tert-OH is 1. The van der Waals surface area contributed by atoms with Gasteiger partial charge >= 0.3 is 5.97 Å². The van der Waals surface area contributed by atoms with Gasteiger partial charge in [-0.2, -0.15) is 0 Å². The molecule has 1 heterocycles. The fourth-order valence-electron chi connectivity index (χ4n) is 2.40. The van der Waals surface area contributed by atoms with Crippen molar-refractivity contribution in [1.82, 2.24) is 9.55 Å². The lowest BCUT2D eigenvalue weighted by Gasteiger charge is -2.18. The van der Waals surface area contributed by atoms with Crippen molar-refractivity contribution in [2.75, 3.05) is 20.3 Å². The van der Waals surface area contributed by atoms with Gasteiger partial charge in [0.15, 0.2) is 0 Å². The minimum atomic E-state index is -1.00. The average molecular weight is 278 g/mol. The Hall–Kier alpha value is -1.92. The monoisotopic (exact) mass is 278 g/mol. The van der Waals surface area contributed by atoms with Gasteiger partial charge in [0.25, 0.3) is 0 Å². The maximum Gasteiger partial charge on any atom is 0.337 e. The molecule has 0 amide bonds. The van der Waals surface area contributed by atoms with E-state index in [1.807, 2.05) is 17.6 Å². The number of rotatable bonds is 6. The Morgan fingerprint density at radius 3 is 2.80 bits per heavy atom. The third kappa shape index (κ3) is 2.39. The summed E-state index contributed by atoms with van der Waals surface area (Å²) in [4.78, 5) is 15.7. The van der Waals surface area contributed by atoms with Crippen LogP contribution in [-0.4, -0.2) is 46.1 Å². The van der Waals surface area contributed by atoms with Crippen LogP contribution >= 0.6 is 0 Å². The van der Waals surface area contributed by atoms with E-state index in [4.69, 9.17) is 4.74 Å². The van der Waals surface area contributed by atoms with Crippen LogP contribution in [0.3, 0.4) is 0 Å². The van der Waals surface area contributed by atoms with Gasteiger partial charge in [0, 0.05) is 13.5 Å². The molecule has 0 saturated carbocycles. The number of aromatic nitrogens is 2. The van der Waals surface area contributed by atoms with Crippen molar-refractivity contribution in [2.24, 2.45) is 0 Å². The highest BCUT2D eigenvalue weighted by molar-refractivity contribution is 6.01. The van der Waals surface area contributed by atoms with Crippen LogP contribution in [0.15, 0.2) is 18.2 Å². The molecule has 0 aliphatic heterocycles. The highest BCUT2D eigenvalue weighted by atomic mass is 16.5. The molecule has 0 radical (unpaired) electrons. The van der Waals surface area contributed by atoms with Crippen LogP contribution in [-0.2, 0) is 11.2 Å². The van der Waals surface area contributed by atoms with Crippen LogP contribution < -0.4 is 0 Å². The summed E-state index contributed by atoms with van der Waals surface area (Å²) >= 11 is 0. The molecule has 1 atom stereocenters. The molecule has 2 N–H and O–H groups in total. The molecule has 2 aromatic rings. The Morgan fingerprint density at radius 2 is 2.25 bits per heavy atom. The zero-order valence-corrected chi connectivity index (χ0v) is 11.5. The van der Waals surface area contributed by atoms with Crippen molar-refractivity contribution in [3.63, 3.8) is 0 Å². The molecule has 1 aromatic carbocycles. The molecule has 1 unspecified atom stereocenters. The standard InChI is InChI=1S/C14H18N2O4/c1-3-12-15-13-10(14(18)19)5-4-6-11(13)16(12)9(7-17)8-20-2/h4-6,9,17H,3,7-8H2,1-2H3,(H,18,19). The number of nitrogens with zero attached hydrogens (tertiary/aromatic N) is 2. The number of benzene rings is 1. The first-order valence-corrected chi connectivity index (χ1v) is 6.46. The van der Waals surface area contributed by atoms with Gasteiger partial charge in [-0.3, -0.25) is 0 Å². The van der Waals surface area contributed by atoms with Gasteiger partial charge in [0.1, 0.15) is 11.3 Å². The number of hydrogen-bond donors (Lipinski definition) is 2. The molecule has 108 valence electrons. The molecule has 6 nitrogen and oxygen atoms in total. The summed E-state index contributed by atoms with van der Waals surface area (Å²) < 4.78 is 6.99. The number of ether oxygens (including phenoxy) is 1. The van der Waals surface area contributed by atoms with E-state index in [0.717, 1.165) is 5.82 Å². The Kier molecular flexibility index (Phi) is 4.36. The van der Waals surface area contributed by atoms with Crippen molar-refractivity contribution in [3.8, 4) is 0 Å². The number of aromatic carboxylic acids is 1. The second-order valence-electron chi connectivity index (χ2n) is 4.52. The normalized spacial score (nSPS) is 12.8. The quantitative estimate of drug-likeness (QED) is 0.836. The van der Waals surface area contributed by atoms with E-state index >= 15 is 0 Å². The number of carboxylic acid groups (broad SMARTS) is 1. The Bertz CT molecular complexity index is 621. The molecule has 0 aliphatic carbocycles. The van der Waals surface area contributed by atoms with E-state index in [0.29, 0.717) is 24.1 Å². The summed E-state index contributed by atoms with van der Waals surface area (Å²) in [6.45, 7) is 2.19. The molecule has 0 spiro atoms. The number of fused-ring (bicyclic) bond motifs is 1. The van der Waals surface area contributed by atoms with E-state index in [-0.39, 0.29) is 18.2 Å². The molecule has 6 heteroatoms. The first kappa shape index (κ1) is 14.5. The number of para-hydroxylation sites is 1. The Morgan fingerprint density at radius 1 is 1.50 bits per heavy atom. The molecule has 2 rings (SSSR count). The van der Waals surface area contributed by atoms with E-state index < -0.39 is 5.97 Å². The fraction of sp³-hybridized carbons (Fsp3) is 0.429. The molecule has 0 aliphatic rings. The smallest absolute Gasteiger partial charge is 0.337 e. The van der Waals surface area contributed by atoms with Crippen LogP contribution in [0.25, 0.3) is 11.0 Å². The predicted molar refractivity (Wildman–Crippen MR) is 74.1 cm³/mol. The lowest BCUT2D eigenvalue weighted by atomic mass is 10.2. The maximum atomic E-state index is 11.3. The van der Waals surface area contributed by atoms with Crippen molar-refractivity contribution >= 4 is 17.0 Å². The van der Waals surface area contributed by atoms with Crippen molar-refractivity contribution in [2.45, 2.75) is 19.4 Å². The first-order valence-electron chi connectivity index (χ1n) is 6.46. The van der Waals surface area contributed by atoms with Gasteiger partial charge in [-0.1, -0.05) is 13.0 Å². The third-order valence-electron chi connectivity index (χ3n) is 3.27. The highest BCUT2D eigenvalue weighted by Gasteiger charge is 2.21. The van der Waals surface area contributed by atoms with Gasteiger partial charge in [0.2, 0.25) is 0 Å². The molecular formula is C14H18N2O4. The molecule has 0 fully saturated rings. The highest BCUT2D eigenvalue weighted by Crippen LogP contribution is 2.24. The summed E-state index contributed by atoms with van der Waals surface area (Å²) in [7, 11) is 1.57. The first-order chi connectivity index (χ1) is 9.63. The number of imidazole rings is 1. The van der Waals surface area contributed by atoms with Gasteiger partial charge < -0.3 is 19.5 Å². The average Bonchev–Trinajstić information content (AvgIpc) is 2.82. The summed E-state index contributed by atoms with van der Waals surface area (Å²) in [5.74, 6) is -0.264. The Balaban J connectivity index is 2.69. The minimum Gasteiger partial charge on any atom is -0.478 e. The van der Waals surface area contributed by atoms with Gasteiger partial charge in [-0.15, -0.1) is 0 Å². The zero-order valence-electron chi connectivity index (χ0n) is 11.5. The van der Waals surface area contributed by atoms with Gasteiger partial charge in [-0.25, -0.2) is 9.78 Å². The largest absolute Gasteiger partial charge is 0.478 e. The summed E-state index contributed by atoms with van der Waals surface area (Å²) in [5, 5.41) is 18.8. The van der Waals surface area contributed by atoms with E-state index in [9.17, 15) is 15.0 Å². The predicted octanol–water partition coefficient (Wildman–Crippen LogP) is 1.48. The summed E-state index contributed by atoms with van der Waals surface area (Å²) in [6.07, 6.45) is 0.647. The topological polar surface area (TPSA) is 84.6 Å². The lowest BCUT2D eigenvalue weighted by Crippen LogP contribution is -2.20. The van der Waals surface area contributed by atoms with Crippen molar-refractivity contribution < 1.29 is 19.7 Å². The molecular weight excluding hydrogens is 260 g/mol. The fourth-order valence-corrected chi connectivity index (χ4v) is 2.40. The second kappa shape index (κ2) is 6.02. The molecule has 1 aromatic heterocycles. The van der Waals surface area contributed by atoms with Crippen LogP contribution in [0.1, 0.15) is 29.1 Å². The number of methoxy groups -OCH3 is 1. The SMILES string of the molecule is CCc1nc2c(C(=O)O)cccc2n1C(CO)COC. The zero-order chi connectivity index (χ0) is 14.7. The van der Waals surface area contributed by atoms with Crippen molar-refractivity contribution in [1.29, 1.82) is 0 Å².